The van der Waals surface area contributed by atoms with E-state index in [0.29, 0.717) is 6.54 Å². The van der Waals surface area contributed by atoms with E-state index in [4.69, 9.17) is 4.74 Å². The van der Waals surface area contributed by atoms with E-state index in [0.717, 1.165) is 12.8 Å². The highest BCUT2D eigenvalue weighted by molar-refractivity contribution is 5.95. The third kappa shape index (κ3) is 2.77. The Morgan fingerprint density at radius 1 is 1.50 bits per heavy atom. The van der Waals surface area contributed by atoms with Gasteiger partial charge in [-0.15, -0.1) is 0 Å². The van der Waals surface area contributed by atoms with Gasteiger partial charge in [0.2, 0.25) is 0 Å². The molecule has 1 fully saturated rings. The predicted octanol–water partition coefficient (Wildman–Crippen LogP) is 2.07. The van der Waals surface area contributed by atoms with Crippen LogP contribution in [0.4, 0.5) is 4.39 Å². The van der Waals surface area contributed by atoms with Crippen LogP contribution in [0.25, 0.3) is 0 Å². The van der Waals surface area contributed by atoms with Gasteiger partial charge >= 0.3 is 0 Å². The van der Waals surface area contributed by atoms with E-state index in [1.54, 1.807) is 11.0 Å². The number of carbonyl (C=O) groups is 1. The number of likely N-dealkylation sites (tertiary alicyclic amines) is 1. The summed E-state index contributed by atoms with van der Waals surface area (Å²) in [7, 11) is 1.37. The summed E-state index contributed by atoms with van der Waals surface area (Å²) in [6, 6.07) is 4.61. The lowest BCUT2D eigenvalue weighted by atomic mass is 9.93. The highest BCUT2D eigenvalue weighted by Crippen LogP contribution is 2.26. The molecule has 4 nitrogen and oxygen atoms in total. The molecule has 0 aromatic heterocycles. The summed E-state index contributed by atoms with van der Waals surface area (Å²) < 4.78 is 19.1. The minimum absolute atomic E-state index is 0.0230. The van der Waals surface area contributed by atoms with E-state index in [-0.39, 0.29) is 35.8 Å². The second-order valence-corrected chi connectivity index (χ2v) is 5.25. The fourth-order valence-corrected chi connectivity index (χ4v) is 2.60. The molecule has 0 spiro atoms. The van der Waals surface area contributed by atoms with E-state index >= 15 is 0 Å². The topological polar surface area (TPSA) is 49.8 Å². The summed E-state index contributed by atoms with van der Waals surface area (Å²) in [6.45, 7) is 2.47. The lowest BCUT2D eigenvalue weighted by Gasteiger charge is -2.37. The number of aliphatic hydroxyl groups is 1. The smallest absolute Gasteiger partial charge is 0.257 e. The second kappa shape index (κ2) is 6.22. The number of hydrogen-bond acceptors (Lipinski definition) is 3. The average Bonchev–Trinajstić information content (AvgIpc) is 2.47. The van der Waals surface area contributed by atoms with Crippen molar-refractivity contribution >= 4 is 5.91 Å². The molecule has 5 heteroatoms. The van der Waals surface area contributed by atoms with Crippen LogP contribution in [-0.4, -0.2) is 42.2 Å². The van der Waals surface area contributed by atoms with Crippen LogP contribution in [0.2, 0.25) is 0 Å². The maximum absolute atomic E-state index is 14.2. The van der Waals surface area contributed by atoms with Crippen molar-refractivity contribution in [3.05, 3.63) is 29.6 Å². The molecular formula is C15H20FNO3. The van der Waals surface area contributed by atoms with Gasteiger partial charge in [0.15, 0.2) is 11.6 Å². The van der Waals surface area contributed by atoms with Crippen molar-refractivity contribution in [1.82, 2.24) is 4.90 Å². The number of rotatable bonds is 3. The Kier molecular flexibility index (Phi) is 4.60. The molecule has 1 aliphatic heterocycles. The number of nitrogens with zero attached hydrogens (tertiary/aromatic N) is 1. The van der Waals surface area contributed by atoms with E-state index in [1.165, 1.54) is 19.2 Å². The van der Waals surface area contributed by atoms with Crippen molar-refractivity contribution < 1.29 is 19.0 Å². The highest BCUT2D eigenvalue weighted by Gasteiger charge is 2.31. The van der Waals surface area contributed by atoms with E-state index in [9.17, 15) is 14.3 Å². The molecular weight excluding hydrogens is 261 g/mol. The van der Waals surface area contributed by atoms with Crippen molar-refractivity contribution in [3.8, 4) is 5.75 Å². The number of hydrogen-bond donors (Lipinski definition) is 1. The summed E-state index contributed by atoms with van der Waals surface area (Å²) >= 11 is 0. The molecule has 2 unspecified atom stereocenters. The van der Waals surface area contributed by atoms with Gasteiger partial charge in [0.05, 0.1) is 12.7 Å². The van der Waals surface area contributed by atoms with Crippen molar-refractivity contribution in [2.24, 2.45) is 5.92 Å². The number of benzene rings is 1. The Morgan fingerprint density at radius 2 is 2.25 bits per heavy atom. The molecule has 2 rings (SSSR count). The number of halogens is 1. The van der Waals surface area contributed by atoms with Crippen molar-refractivity contribution in [2.75, 3.05) is 20.3 Å². The first-order valence-electron chi connectivity index (χ1n) is 6.82. The standard InChI is InChI=1S/C15H20FNO3/c1-10-6-7-11(9-18)8-17(10)15(19)12-4-3-5-13(20-2)14(12)16/h3-5,10-11,18H,6-9H2,1-2H3. The monoisotopic (exact) mass is 281 g/mol. The molecule has 0 bridgehead atoms. The second-order valence-electron chi connectivity index (χ2n) is 5.25. The molecule has 1 N–H and O–H groups in total. The van der Waals surface area contributed by atoms with E-state index in [1.807, 2.05) is 6.92 Å². The van der Waals surface area contributed by atoms with Crippen LogP contribution in [0, 0.1) is 11.7 Å². The molecule has 1 amide bonds. The number of carbonyl (C=O) groups excluding carboxylic acids is 1. The normalized spacial score (nSPS) is 22.7. The van der Waals surface area contributed by atoms with Crippen LogP contribution < -0.4 is 4.74 Å². The van der Waals surface area contributed by atoms with Crippen molar-refractivity contribution in [1.29, 1.82) is 0 Å². The summed E-state index contributed by atoms with van der Waals surface area (Å²) in [6.07, 6.45) is 1.71. The zero-order valence-corrected chi connectivity index (χ0v) is 11.8. The Balaban J connectivity index is 2.26. The average molecular weight is 281 g/mol. The minimum Gasteiger partial charge on any atom is -0.494 e. The van der Waals surface area contributed by atoms with Crippen LogP contribution in [0.15, 0.2) is 18.2 Å². The Hall–Kier alpha value is -1.62. The van der Waals surface area contributed by atoms with Crippen molar-refractivity contribution in [3.63, 3.8) is 0 Å². The van der Waals surface area contributed by atoms with Gasteiger partial charge in [0.1, 0.15) is 0 Å². The Labute approximate surface area is 118 Å². The molecule has 1 saturated heterocycles. The lowest BCUT2D eigenvalue weighted by molar-refractivity contribution is 0.0484. The highest BCUT2D eigenvalue weighted by atomic mass is 19.1. The Morgan fingerprint density at radius 3 is 2.90 bits per heavy atom. The van der Waals surface area contributed by atoms with Crippen LogP contribution >= 0.6 is 0 Å². The number of methoxy groups -OCH3 is 1. The molecule has 110 valence electrons. The van der Waals surface area contributed by atoms with Gasteiger partial charge in [0.25, 0.3) is 5.91 Å². The van der Waals surface area contributed by atoms with Gasteiger partial charge in [-0.05, 0) is 37.8 Å². The quantitative estimate of drug-likeness (QED) is 0.922. The fraction of sp³-hybridized carbons (Fsp3) is 0.533. The Bertz CT molecular complexity index is 492. The SMILES string of the molecule is COc1cccc(C(=O)N2CC(CO)CCC2C)c1F. The van der Waals surface area contributed by atoms with Gasteiger partial charge in [-0.2, -0.15) is 0 Å². The summed E-state index contributed by atoms with van der Waals surface area (Å²) in [5, 5.41) is 9.25. The first-order valence-corrected chi connectivity index (χ1v) is 6.82. The fourth-order valence-electron chi connectivity index (χ4n) is 2.60. The molecule has 0 saturated carbocycles. The third-order valence-electron chi connectivity index (χ3n) is 3.91. The van der Waals surface area contributed by atoms with Crippen LogP contribution in [0.1, 0.15) is 30.1 Å². The van der Waals surface area contributed by atoms with E-state index < -0.39 is 5.82 Å². The maximum atomic E-state index is 14.2. The van der Waals surface area contributed by atoms with Crippen molar-refractivity contribution in [2.45, 2.75) is 25.8 Å². The van der Waals surface area contributed by atoms with Crippen LogP contribution in [0.3, 0.4) is 0 Å². The number of piperidine rings is 1. The molecule has 1 aromatic rings. The minimum atomic E-state index is -0.627. The number of ether oxygens (including phenoxy) is 1. The largest absolute Gasteiger partial charge is 0.494 e. The molecule has 1 aromatic carbocycles. The zero-order chi connectivity index (χ0) is 14.7. The maximum Gasteiger partial charge on any atom is 0.257 e. The molecule has 20 heavy (non-hydrogen) atoms. The number of aliphatic hydroxyl groups excluding tert-OH is 1. The van der Waals surface area contributed by atoms with Gasteiger partial charge in [-0.1, -0.05) is 6.07 Å². The predicted molar refractivity (Wildman–Crippen MR) is 73.3 cm³/mol. The summed E-state index contributed by atoms with van der Waals surface area (Å²) in [5.74, 6) is -0.826. The molecule has 1 heterocycles. The lowest BCUT2D eigenvalue weighted by Crippen LogP contribution is -2.46. The summed E-state index contributed by atoms with van der Waals surface area (Å²) in [5.41, 5.74) is 0.0230. The van der Waals surface area contributed by atoms with Crippen LogP contribution in [-0.2, 0) is 0 Å². The molecule has 2 atom stereocenters. The molecule has 0 radical (unpaired) electrons. The molecule has 1 aliphatic rings. The van der Waals surface area contributed by atoms with Gasteiger partial charge in [-0.3, -0.25) is 4.79 Å². The first kappa shape index (κ1) is 14.8. The summed E-state index contributed by atoms with van der Waals surface area (Å²) in [4.78, 5) is 14.2. The van der Waals surface area contributed by atoms with Gasteiger partial charge in [0, 0.05) is 19.2 Å². The number of amides is 1. The van der Waals surface area contributed by atoms with Gasteiger partial charge in [-0.25, -0.2) is 4.39 Å². The molecule has 0 aliphatic carbocycles. The third-order valence-corrected chi connectivity index (χ3v) is 3.91. The van der Waals surface area contributed by atoms with Crippen LogP contribution in [0.5, 0.6) is 5.75 Å². The van der Waals surface area contributed by atoms with Gasteiger partial charge < -0.3 is 14.7 Å². The zero-order valence-electron chi connectivity index (χ0n) is 11.8. The van der Waals surface area contributed by atoms with E-state index in [2.05, 4.69) is 0 Å². The first-order chi connectivity index (χ1) is 9.58.